The third-order valence-electron chi connectivity index (χ3n) is 10.5. The van der Waals surface area contributed by atoms with Crippen LogP contribution in [0.1, 0.15) is 103 Å². The molecule has 0 spiro atoms. The highest BCUT2D eigenvalue weighted by atomic mass is 28.4. The number of carbonyl (C=O) groups is 2. The van der Waals surface area contributed by atoms with E-state index >= 15 is 0 Å². The van der Waals surface area contributed by atoms with E-state index in [0.29, 0.717) is 53.6 Å². The second kappa shape index (κ2) is 22.2. The number of aliphatic hydroxyl groups is 1. The maximum absolute atomic E-state index is 13.1. The monoisotopic (exact) mass is 800 g/mol. The van der Waals surface area contributed by atoms with E-state index in [9.17, 15) is 9.59 Å². The number of nitrogens with one attached hydrogen (secondary N) is 2. The average Bonchev–Trinajstić information content (AvgIpc) is 3.20. The van der Waals surface area contributed by atoms with Crippen molar-refractivity contribution in [3.63, 3.8) is 0 Å². The van der Waals surface area contributed by atoms with Gasteiger partial charge in [0.2, 0.25) is 0 Å². The molecule has 0 radical (unpaired) electrons. The van der Waals surface area contributed by atoms with Crippen LogP contribution in [-0.2, 0) is 17.3 Å². The molecule has 0 fully saturated rings. The summed E-state index contributed by atoms with van der Waals surface area (Å²) in [7, 11) is 4.64. The molecule has 0 aliphatic heterocycles. The van der Waals surface area contributed by atoms with Crippen molar-refractivity contribution in [2.45, 2.75) is 90.5 Å². The predicted molar refractivity (Wildman–Crippen MR) is 231 cm³/mol. The van der Waals surface area contributed by atoms with Gasteiger partial charge in [0.25, 0.3) is 11.8 Å². The molecule has 10 nitrogen and oxygen atoms in total. The van der Waals surface area contributed by atoms with Gasteiger partial charge in [-0.25, -0.2) is 0 Å². The van der Waals surface area contributed by atoms with E-state index in [1.807, 2.05) is 98.8 Å². The largest absolute Gasteiger partial charge is 0.493 e. The van der Waals surface area contributed by atoms with Crippen molar-refractivity contribution < 1.29 is 38.1 Å². The molecule has 0 heterocycles. The van der Waals surface area contributed by atoms with E-state index in [4.69, 9.17) is 28.5 Å². The van der Waals surface area contributed by atoms with E-state index in [-0.39, 0.29) is 35.5 Å². The fourth-order valence-electron chi connectivity index (χ4n) is 5.96. The van der Waals surface area contributed by atoms with Gasteiger partial charge in [-0.1, -0.05) is 69.3 Å². The molecular formula is C46H64N2O8Si. The fourth-order valence-corrected chi connectivity index (χ4v) is 7.04. The van der Waals surface area contributed by atoms with E-state index in [0.717, 1.165) is 35.1 Å². The molecule has 4 aromatic carbocycles. The van der Waals surface area contributed by atoms with Crippen molar-refractivity contribution in [2.24, 2.45) is 0 Å². The zero-order chi connectivity index (χ0) is 42.2. The number of benzene rings is 4. The Morgan fingerprint density at radius 1 is 0.632 bits per heavy atom. The van der Waals surface area contributed by atoms with Crippen LogP contribution in [0, 0.1) is 0 Å². The first-order chi connectivity index (χ1) is 27.1. The van der Waals surface area contributed by atoms with Crippen LogP contribution >= 0.6 is 0 Å². The first-order valence-corrected chi connectivity index (χ1v) is 22.5. The zero-order valence-corrected chi connectivity index (χ0v) is 36.8. The molecule has 11 heteroatoms. The van der Waals surface area contributed by atoms with Gasteiger partial charge in [0.05, 0.1) is 40.5 Å². The lowest BCUT2D eigenvalue weighted by atomic mass is 10.0. The maximum atomic E-state index is 13.1. The quantitative estimate of drug-likeness (QED) is 0.0672. The Morgan fingerprint density at radius 2 is 1.04 bits per heavy atom. The molecule has 0 aliphatic carbocycles. The van der Waals surface area contributed by atoms with E-state index in [2.05, 4.69) is 44.5 Å². The number of amides is 2. The lowest BCUT2D eigenvalue weighted by Gasteiger charge is -2.36. The van der Waals surface area contributed by atoms with Crippen LogP contribution in [-0.4, -0.2) is 66.9 Å². The zero-order valence-electron chi connectivity index (χ0n) is 35.8. The van der Waals surface area contributed by atoms with Crippen LogP contribution in [0.25, 0.3) is 0 Å². The van der Waals surface area contributed by atoms with Gasteiger partial charge in [-0.15, -0.1) is 0 Å². The minimum atomic E-state index is -1.75. The summed E-state index contributed by atoms with van der Waals surface area (Å²) in [5, 5.41) is 15.4. The van der Waals surface area contributed by atoms with Crippen molar-refractivity contribution >= 4 is 20.1 Å². The molecule has 4 rings (SSSR count). The molecule has 57 heavy (non-hydrogen) atoms. The first-order valence-electron chi connectivity index (χ1n) is 19.6. The fraction of sp³-hybridized carbons (Fsp3) is 0.435. The van der Waals surface area contributed by atoms with Crippen molar-refractivity contribution in [2.75, 3.05) is 41.7 Å². The molecule has 2 unspecified atom stereocenters. The molecule has 310 valence electrons. The molecule has 2 atom stereocenters. The standard InChI is InChI=1S/C26H39NO4Si.C20H25NO4/c1-19(21-15-16-23(29-5)24(18-21)30-6)27-25(28)22-14-10-9-12-20(22)13-11-17-31-32(7,8)26(2,3)4;1-14(16-10-11-18(24-2)19(13-16)25-3)21-20(23)17-9-5-4-7-15(17)8-6-12-22/h9-10,12,14-16,18-19H,11,13,17H2,1-8H3,(H,27,28);4-5,7,9-11,13-14,22H,6,8,12H2,1-3H3,(H,21,23). The Kier molecular flexibility index (Phi) is 18.1. The number of hydrogen-bond acceptors (Lipinski definition) is 8. The third kappa shape index (κ3) is 13.4. The van der Waals surface area contributed by atoms with Crippen LogP contribution in [0.2, 0.25) is 18.1 Å². The summed E-state index contributed by atoms with van der Waals surface area (Å²) >= 11 is 0. The normalized spacial score (nSPS) is 12.4. The van der Waals surface area contributed by atoms with Crippen molar-refractivity contribution in [3.8, 4) is 23.0 Å². The van der Waals surface area contributed by atoms with E-state index < -0.39 is 8.32 Å². The van der Waals surface area contributed by atoms with Crippen LogP contribution in [0.4, 0.5) is 0 Å². The minimum Gasteiger partial charge on any atom is -0.493 e. The highest BCUT2D eigenvalue weighted by Gasteiger charge is 2.36. The molecule has 0 saturated heterocycles. The second-order valence-corrected chi connectivity index (χ2v) is 20.3. The Balaban J connectivity index is 0.000000315. The number of rotatable bonds is 18. The summed E-state index contributed by atoms with van der Waals surface area (Å²) in [6.45, 7) is 16.0. The summed E-state index contributed by atoms with van der Waals surface area (Å²) < 4.78 is 27.5. The Morgan fingerprint density at radius 3 is 1.42 bits per heavy atom. The van der Waals surface area contributed by atoms with Gasteiger partial charge in [0, 0.05) is 24.3 Å². The number of aryl methyl sites for hydroxylation is 2. The van der Waals surface area contributed by atoms with Crippen LogP contribution in [0.3, 0.4) is 0 Å². The Labute approximate surface area is 341 Å². The number of ether oxygens (including phenoxy) is 4. The molecule has 0 aliphatic rings. The van der Waals surface area contributed by atoms with E-state index in [1.165, 1.54) is 0 Å². The summed E-state index contributed by atoms with van der Waals surface area (Å²) in [6, 6.07) is 26.2. The average molecular weight is 801 g/mol. The lowest BCUT2D eigenvalue weighted by Crippen LogP contribution is -2.41. The number of aliphatic hydroxyl groups excluding tert-OH is 1. The van der Waals surface area contributed by atoms with Crippen molar-refractivity contribution in [1.29, 1.82) is 0 Å². The van der Waals surface area contributed by atoms with E-state index in [1.54, 1.807) is 28.4 Å². The van der Waals surface area contributed by atoms with Gasteiger partial charge < -0.3 is 39.1 Å². The second-order valence-electron chi connectivity index (χ2n) is 15.5. The van der Waals surface area contributed by atoms with Crippen LogP contribution < -0.4 is 29.6 Å². The van der Waals surface area contributed by atoms with Gasteiger partial charge in [-0.3, -0.25) is 9.59 Å². The minimum absolute atomic E-state index is 0.0757. The molecule has 4 aromatic rings. The van der Waals surface area contributed by atoms with Crippen LogP contribution in [0.15, 0.2) is 84.9 Å². The SMILES string of the molecule is COc1ccc(C(C)NC(=O)c2ccccc2CCCO)cc1OC.COc1ccc(C(C)NC(=O)c2ccccc2CCCO[Si](C)(C)C(C)(C)C)cc1OC. The van der Waals surface area contributed by atoms with Gasteiger partial charge >= 0.3 is 0 Å². The van der Waals surface area contributed by atoms with Crippen LogP contribution in [0.5, 0.6) is 23.0 Å². The number of hydrogen-bond donors (Lipinski definition) is 3. The highest BCUT2D eigenvalue weighted by Crippen LogP contribution is 2.37. The molecule has 2 amide bonds. The topological polar surface area (TPSA) is 125 Å². The molecule has 0 saturated carbocycles. The maximum Gasteiger partial charge on any atom is 0.252 e. The summed E-state index contributed by atoms with van der Waals surface area (Å²) in [4.78, 5) is 25.7. The smallest absolute Gasteiger partial charge is 0.252 e. The molecular weight excluding hydrogens is 737 g/mol. The van der Waals surface area contributed by atoms with Crippen molar-refractivity contribution in [1.82, 2.24) is 10.6 Å². The Hall–Kier alpha value is -4.84. The van der Waals surface area contributed by atoms with Gasteiger partial charge in [0.1, 0.15) is 0 Å². The summed E-state index contributed by atoms with van der Waals surface area (Å²) in [6.07, 6.45) is 3.01. The van der Waals surface area contributed by atoms with Gasteiger partial charge in [-0.05, 0) is 116 Å². The Bertz CT molecular complexity index is 1890. The first kappa shape index (κ1) is 46.5. The van der Waals surface area contributed by atoms with Crippen molar-refractivity contribution in [3.05, 3.63) is 118 Å². The summed E-state index contributed by atoms with van der Waals surface area (Å²) in [5.41, 5.74) is 5.22. The number of carbonyl (C=O) groups excluding carboxylic acids is 2. The number of methoxy groups -OCH3 is 4. The lowest BCUT2D eigenvalue weighted by molar-refractivity contribution is 0.0930. The van der Waals surface area contributed by atoms with Gasteiger partial charge in [0.15, 0.2) is 31.3 Å². The molecule has 0 bridgehead atoms. The molecule has 3 N–H and O–H groups in total. The predicted octanol–water partition coefficient (Wildman–Crippen LogP) is 9.27. The third-order valence-corrected chi connectivity index (χ3v) is 15.0. The van der Waals surface area contributed by atoms with Gasteiger partial charge in [-0.2, -0.15) is 0 Å². The highest BCUT2D eigenvalue weighted by molar-refractivity contribution is 6.74. The summed E-state index contributed by atoms with van der Waals surface area (Å²) in [5.74, 6) is 2.39. The molecule has 0 aromatic heterocycles.